The first-order chi connectivity index (χ1) is 12.1. The minimum atomic E-state index is -4.66. The van der Waals surface area contributed by atoms with Crippen molar-refractivity contribution in [1.29, 1.82) is 0 Å². The topological polar surface area (TPSA) is 83.1 Å². The highest BCUT2D eigenvalue weighted by molar-refractivity contribution is 6.33. The van der Waals surface area contributed by atoms with Crippen molar-refractivity contribution >= 4 is 29.4 Å². The van der Waals surface area contributed by atoms with Gasteiger partial charge in [-0.15, -0.1) is 0 Å². The Labute approximate surface area is 147 Å². The van der Waals surface area contributed by atoms with Crippen LogP contribution in [0.5, 0.6) is 0 Å². The van der Waals surface area contributed by atoms with Crippen molar-refractivity contribution in [3.8, 4) is 0 Å². The second-order valence-electron chi connectivity index (χ2n) is 4.68. The lowest BCUT2D eigenvalue weighted by Gasteiger charge is -2.12. The van der Waals surface area contributed by atoms with E-state index in [1.807, 2.05) is 5.43 Å². The van der Waals surface area contributed by atoms with Gasteiger partial charge in [0.2, 0.25) is 0 Å². The zero-order valence-electron chi connectivity index (χ0n) is 12.4. The van der Waals surface area contributed by atoms with Gasteiger partial charge in [-0.1, -0.05) is 17.7 Å². The molecule has 0 saturated carbocycles. The first-order valence-corrected chi connectivity index (χ1v) is 7.01. The molecule has 0 unspecified atom stereocenters. The van der Waals surface area contributed by atoms with Crippen LogP contribution in [0.15, 0.2) is 30.5 Å². The summed E-state index contributed by atoms with van der Waals surface area (Å²) in [6, 6.07) is 1.98. The number of nitrogens with zero attached hydrogens (tertiary/aromatic N) is 1. The highest BCUT2D eigenvalue weighted by atomic mass is 35.5. The molecule has 1 aromatic carbocycles. The van der Waals surface area contributed by atoms with Gasteiger partial charge >= 0.3 is 12.2 Å². The number of anilines is 1. The van der Waals surface area contributed by atoms with E-state index in [1.165, 1.54) is 0 Å². The van der Waals surface area contributed by atoms with Gasteiger partial charge < -0.3 is 0 Å². The molecule has 2 aromatic rings. The van der Waals surface area contributed by atoms with Crippen LogP contribution >= 0.6 is 11.6 Å². The van der Waals surface area contributed by atoms with Gasteiger partial charge in [-0.25, -0.2) is 24.0 Å². The molecule has 3 amide bonds. The summed E-state index contributed by atoms with van der Waals surface area (Å²) >= 11 is 5.60. The van der Waals surface area contributed by atoms with E-state index < -0.39 is 45.9 Å². The molecule has 26 heavy (non-hydrogen) atoms. The van der Waals surface area contributed by atoms with Crippen molar-refractivity contribution in [2.75, 3.05) is 5.43 Å². The first-order valence-electron chi connectivity index (χ1n) is 6.63. The minimum absolute atomic E-state index is 0.348. The molecule has 0 aliphatic carbocycles. The van der Waals surface area contributed by atoms with Crippen LogP contribution in [-0.4, -0.2) is 16.9 Å². The third-order valence-corrected chi connectivity index (χ3v) is 3.17. The molecule has 6 nitrogen and oxygen atoms in total. The number of urea groups is 1. The van der Waals surface area contributed by atoms with Gasteiger partial charge in [-0.05, 0) is 18.2 Å². The second kappa shape index (κ2) is 7.52. The van der Waals surface area contributed by atoms with Crippen LogP contribution < -0.4 is 16.2 Å². The van der Waals surface area contributed by atoms with Gasteiger partial charge in [0.25, 0.3) is 5.91 Å². The van der Waals surface area contributed by atoms with E-state index in [0.29, 0.717) is 12.3 Å². The molecule has 0 radical (unpaired) electrons. The number of pyridine rings is 1. The van der Waals surface area contributed by atoms with Crippen LogP contribution in [0, 0.1) is 11.6 Å². The van der Waals surface area contributed by atoms with E-state index in [0.717, 1.165) is 18.2 Å². The Balaban J connectivity index is 2.00. The molecule has 0 bridgehead atoms. The summed E-state index contributed by atoms with van der Waals surface area (Å²) in [7, 11) is 0. The van der Waals surface area contributed by atoms with Gasteiger partial charge in [0.1, 0.15) is 17.2 Å². The van der Waals surface area contributed by atoms with E-state index in [-0.39, 0.29) is 5.82 Å². The maximum atomic E-state index is 13.4. The van der Waals surface area contributed by atoms with Crippen LogP contribution in [0.1, 0.15) is 15.9 Å². The molecular formula is C14H8ClF5N4O2. The molecule has 0 aliphatic heterocycles. The Bertz CT molecular complexity index is 839. The number of carbonyl (C=O) groups is 2. The summed E-state index contributed by atoms with van der Waals surface area (Å²) in [4.78, 5) is 26.6. The van der Waals surface area contributed by atoms with E-state index in [1.54, 1.807) is 5.32 Å². The summed E-state index contributed by atoms with van der Waals surface area (Å²) in [5, 5.41) is 1.15. The molecule has 0 atom stereocenters. The van der Waals surface area contributed by atoms with E-state index in [9.17, 15) is 31.5 Å². The molecular weight excluding hydrogens is 387 g/mol. The molecule has 1 heterocycles. The number of hydrazine groups is 1. The summed E-state index contributed by atoms with van der Waals surface area (Å²) in [6.45, 7) is 0. The Morgan fingerprint density at radius 3 is 2.27 bits per heavy atom. The van der Waals surface area contributed by atoms with Crippen molar-refractivity contribution in [3.63, 3.8) is 0 Å². The van der Waals surface area contributed by atoms with E-state index in [4.69, 9.17) is 11.6 Å². The normalized spacial score (nSPS) is 11.0. The third kappa shape index (κ3) is 4.57. The Kier molecular flexibility index (Phi) is 5.60. The van der Waals surface area contributed by atoms with Crippen LogP contribution in [0.4, 0.5) is 32.6 Å². The van der Waals surface area contributed by atoms with Crippen molar-refractivity contribution in [3.05, 3.63) is 58.2 Å². The summed E-state index contributed by atoms with van der Waals surface area (Å²) in [5.41, 5.74) is 1.82. The molecule has 2 rings (SSSR count). The Hall–Kier alpha value is -2.95. The number of halogens is 6. The number of hydrogen-bond donors (Lipinski definition) is 3. The fraction of sp³-hybridized carbons (Fsp3) is 0.0714. The van der Waals surface area contributed by atoms with Crippen LogP contribution in [-0.2, 0) is 6.18 Å². The number of carbonyl (C=O) groups excluding carboxylic acids is 2. The largest absolute Gasteiger partial charge is 0.417 e. The lowest BCUT2D eigenvalue weighted by atomic mass is 10.2. The zero-order valence-corrected chi connectivity index (χ0v) is 13.2. The molecule has 0 saturated heterocycles. The molecule has 0 aliphatic rings. The average molecular weight is 395 g/mol. The highest BCUT2D eigenvalue weighted by Crippen LogP contribution is 2.32. The smallest absolute Gasteiger partial charge is 0.279 e. The summed E-state index contributed by atoms with van der Waals surface area (Å²) in [6.07, 6.45) is -4.19. The summed E-state index contributed by atoms with van der Waals surface area (Å²) < 4.78 is 64.3. The maximum absolute atomic E-state index is 13.4. The number of imide groups is 1. The fourth-order valence-corrected chi connectivity index (χ4v) is 1.93. The second-order valence-corrected chi connectivity index (χ2v) is 5.09. The number of alkyl halides is 3. The number of aromatic nitrogens is 1. The number of benzene rings is 1. The number of hydrogen-bond acceptors (Lipinski definition) is 4. The van der Waals surface area contributed by atoms with Gasteiger partial charge in [-0.2, -0.15) is 13.2 Å². The predicted octanol–water partition coefficient (Wildman–Crippen LogP) is 3.50. The van der Waals surface area contributed by atoms with Crippen molar-refractivity contribution in [1.82, 2.24) is 15.7 Å². The predicted molar refractivity (Wildman–Crippen MR) is 80.2 cm³/mol. The van der Waals surface area contributed by atoms with Crippen LogP contribution in [0.3, 0.4) is 0 Å². The average Bonchev–Trinajstić information content (AvgIpc) is 2.52. The monoisotopic (exact) mass is 394 g/mol. The molecule has 1 aromatic heterocycles. The Morgan fingerprint density at radius 1 is 1.12 bits per heavy atom. The van der Waals surface area contributed by atoms with Gasteiger partial charge in [0.05, 0.1) is 10.6 Å². The van der Waals surface area contributed by atoms with Crippen molar-refractivity contribution in [2.24, 2.45) is 0 Å². The zero-order chi connectivity index (χ0) is 19.5. The van der Waals surface area contributed by atoms with Crippen LogP contribution in [0.2, 0.25) is 5.02 Å². The van der Waals surface area contributed by atoms with Gasteiger partial charge in [-0.3, -0.25) is 15.5 Å². The summed E-state index contributed by atoms with van der Waals surface area (Å²) in [5.74, 6) is -4.09. The lowest BCUT2D eigenvalue weighted by molar-refractivity contribution is -0.137. The molecule has 12 heteroatoms. The van der Waals surface area contributed by atoms with Crippen molar-refractivity contribution < 1.29 is 31.5 Å². The molecule has 0 spiro atoms. The molecule has 0 fully saturated rings. The van der Waals surface area contributed by atoms with Crippen LogP contribution in [0.25, 0.3) is 0 Å². The third-order valence-electron chi connectivity index (χ3n) is 2.88. The standard InChI is InChI=1S/C14H8ClF5N4O2/c15-7-4-6(14(18,19)20)5-21-11(7)23-24-13(26)22-12(25)10-8(16)2-1-3-9(10)17/h1-5H,(H,21,23)(H2,22,24,25,26). The van der Waals surface area contributed by atoms with E-state index >= 15 is 0 Å². The molecule has 138 valence electrons. The molecule has 3 N–H and O–H groups in total. The quantitative estimate of drug-likeness (QED) is 0.549. The SMILES string of the molecule is O=C(NNc1ncc(C(F)(F)F)cc1Cl)NC(=O)c1c(F)cccc1F. The highest BCUT2D eigenvalue weighted by Gasteiger charge is 2.31. The minimum Gasteiger partial charge on any atom is -0.279 e. The number of nitrogens with one attached hydrogen (secondary N) is 3. The van der Waals surface area contributed by atoms with Gasteiger partial charge in [0.15, 0.2) is 5.82 Å². The Morgan fingerprint density at radius 2 is 1.73 bits per heavy atom. The van der Waals surface area contributed by atoms with E-state index in [2.05, 4.69) is 10.4 Å². The van der Waals surface area contributed by atoms with Crippen molar-refractivity contribution in [2.45, 2.75) is 6.18 Å². The maximum Gasteiger partial charge on any atom is 0.417 e. The number of rotatable bonds is 3. The lowest BCUT2D eigenvalue weighted by Crippen LogP contribution is -2.42. The van der Waals surface area contributed by atoms with Gasteiger partial charge in [0, 0.05) is 6.20 Å². The first kappa shape index (κ1) is 19.4. The number of amides is 3. The fourth-order valence-electron chi connectivity index (χ4n) is 1.71.